The van der Waals surface area contributed by atoms with Crippen LogP contribution >= 0.6 is 0 Å². The molecule has 0 aliphatic rings. The number of unbranched alkanes of at least 4 members (excludes halogenated alkanes) is 5. The number of rotatable bonds is 8. The third-order valence-corrected chi connectivity index (χ3v) is 2.78. The van der Waals surface area contributed by atoms with Gasteiger partial charge in [0, 0.05) is 6.04 Å². The topological polar surface area (TPSA) is 46.2 Å². The zero-order chi connectivity index (χ0) is 11.0. The van der Waals surface area contributed by atoms with Crippen molar-refractivity contribution in [1.82, 2.24) is 0 Å². The number of nitrogens with two attached hydrogens (primary N) is 1. The number of hydrogen-bond donors (Lipinski definition) is 2. The Kier molecular flexibility index (Phi) is 7.20. The lowest BCUT2D eigenvalue weighted by atomic mass is 9.94. The molecule has 0 radical (unpaired) electrons. The lowest BCUT2D eigenvalue weighted by Gasteiger charge is -2.25. The first-order chi connectivity index (χ1) is 6.48. The summed E-state index contributed by atoms with van der Waals surface area (Å²) in [7, 11) is 0. The molecule has 2 heteroatoms. The van der Waals surface area contributed by atoms with Gasteiger partial charge < -0.3 is 10.8 Å². The van der Waals surface area contributed by atoms with E-state index in [4.69, 9.17) is 5.73 Å². The minimum atomic E-state index is -0.719. The van der Waals surface area contributed by atoms with Gasteiger partial charge in [0.15, 0.2) is 0 Å². The van der Waals surface area contributed by atoms with Gasteiger partial charge >= 0.3 is 0 Å². The largest absolute Gasteiger partial charge is 0.389 e. The molecule has 0 saturated heterocycles. The van der Waals surface area contributed by atoms with Crippen LogP contribution in [-0.2, 0) is 0 Å². The smallest absolute Gasteiger partial charge is 0.0741 e. The molecule has 0 spiro atoms. The molecule has 86 valence electrons. The Bertz CT molecular complexity index is 129. The van der Waals surface area contributed by atoms with Crippen molar-refractivity contribution in [3.8, 4) is 0 Å². The summed E-state index contributed by atoms with van der Waals surface area (Å²) in [6.07, 6.45) is 8.63. The number of aliphatic hydroxyl groups is 1. The Morgan fingerprint density at radius 3 is 2.07 bits per heavy atom. The summed E-state index contributed by atoms with van der Waals surface area (Å²) in [6.45, 7) is 5.80. The van der Waals surface area contributed by atoms with Crippen molar-refractivity contribution in [2.24, 2.45) is 5.73 Å². The van der Waals surface area contributed by atoms with Gasteiger partial charge in [-0.15, -0.1) is 0 Å². The van der Waals surface area contributed by atoms with Crippen molar-refractivity contribution in [2.75, 3.05) is 0 Å². The lowest BCUT2D eigenvalue weighted by Crippen LogP contribution is -2.42. The van der Waals surface area contributed by atoms with E-state index in [1.807, 2.05) is 0 Å². The van der Waals surface area contributed by atoms with Crippen molar-refractivity contribution in [1.29, 1.82) is 0 Å². The zero-order valence-electron chi connectivity index (χ0n) is 10.1. The van der Waals surface area contributed by atoms with Crippen LogP contribution < -0.4 is 5.73 Å². The van der Waals surface area contributed by atoms with Crippen LogP contribution in [-0.4, -0.2) is 16.7 Å². The predicted molar refractivity (Wildman–Crippen MR) is 62.3 cm³/mol. The molecule has 0 heterocycles. The van der Waals surface area contributed by atoms with Gasteiger partial charge in [0.1, 0.15) is 0 Å². The predicted octanol–water partition coefficient (Wildman–Crippen LogP) is 2.84. The van der Waals surface area contributed by atoms with E-state index in [1.165, 1.54) is 32.1 Å². The van der Waals surface area contributed by atoms with Crippen molar-refractivity contribution in [2.45, 2.75) is 77.4 Å². The summed E-state index contributed by atoms with van der Waals surface area (Å²) in [5, 5.41) is 9.60. The first kappa shape index (κ1) is 13.9. The molecule has 1 unspecified atom stereocenters. The van der Waals surface area contributed by atoms with Crippen LogP contribution in [0.5, 0.6) is 0 Å². The van der Waals surface area contributed by atoms with Crippen LogP contribution in [0.25, 0.3) is 0 Å². The second kappa shape index (κ2) is 7.24. The quantitative estimate of drug-likeness (QED) is 0.593. The highest BCUT2D eigenvalue weighted by atomic mass is 16.3. The molecule has 0 rings (SSSR count). The van der Waals surface area contributed by atoms with Gasteiger partial charge in [-0.1, -0.05) is 45.4 Å². The highest BCUT2D eigenvalue weighted by Gasteiger charge is 2.21. The molecule has 0 aromatic carbocycles. The third-order valence-electron chi connectivity index (χ3n) is 2.78. The van der Waals surface area contributed by atoms with Gasteiger partial charge in [-0.25, -0.2) is 0 Å². The summed E-state index contributed by atoms with van der Waals surface area (Å²) in [5.74, 6) is 0. The Balaban J connectivity index is 3.28. The molecule has 1 atom stereocenters. The maximum Gasteiger partial charge on any atom is 0.0741 e. The van der Waals surface area contributed by atoms with E-state index in [1.54, 1.807) is 13.8 Å². The monoisotopic (exact) mass is 201 g/mol. The Morgan fingerprint density at radius 2 is 1.57 bits per heavy atom. The van der Waals surface area contributed by atoms with Crippen LogP contribution in [0.2, 0.25) is 0 Å². The van der Waals surface area contributed by atoms with Crippen LogP contribution in [0.15, 0.2) is 0 Å². The SMILES string of the molecule is CCCCCCCCC(N)C(C)(C)O. The van der Waals surface area contributed by atoms with E-state index in [9.17, 15) is 5.11 Å². The van der Waals surface area contributed by atoms with Crippen molar-refractivity contribution in [3.05, 3.63) is 0 Å². The Labute approximate surface area is 88.9 Å². The molecule has 0 aliphatic heterocycles. The van der Waals surface area contributed by atoms with Crippen molar-refractivity contribution in [3.63, 3.8) is 0 Å². The van der Waals surface area contributed by atoms with E-state index in [2.05, 4.69) is 6.92 Å². The zero-order valence-corrected chi connectivity index (χ0v) is 10.1. The number of hydrogen-bond acceptors (Lipinski definition) is 2. The average molecular weight is 201 g/mol. The first-order valence-corrected chi connectivity index (χ1v) is 5.96. The average Bonchev–Trinajstić information content (AvgIpc) is 2.09. The molecular formula is C12H27NO. The highest BCUT2D eigenvalue weighted by Crippen LogP contribution is 2.14. The molecule has 0 bridgehead atoms. The second-order valence-corrected chi connectivity index (χ2v) is 4.82. The second-order valence-electron chi connectivity index (χ2n) is 4.82. The van der Waals surface area contributed by atoms with Gasteiger partial charge in [0.05, 0.1) is 5.60 Å². The van der Waals surface area contributed by atoms with E-state index in [0.29, 0.717) is 0 Å². The van der Waals surface area contributed by atoms with E-state index in [-0.39, 0.29) is 6.04 Å². The van der Waals surface area contributed by atoms with Crippen LogP contribution in [0, 0.1) is 0 Å². The molecule has 0 fully saturated rings. The molecule has 3 N–H and O–H groups in total. The van der Waals surface area contributed by atoms with Gasteiger partial charge in [0.25, 0.3) is 0 Å². The maximum absolute atomic E-state index is 9.60. The fourth-order valence-corrected chi connectivity index (χ4v) is 1.50. The van der Waals surface area contributed by atoms with Gasteiger partial charge in [-0.05, 0) is 20.3 Å². The molecule has 0 amide bonds. The van der Waals surface area contributed by atoms with Crippen LogP contribution in [0.3, 0.4) is 0 Å². The van der Waals surface area contributed by atoms with Crippen molar-refractivity contribution >= 4 is 0 Å². The van der Waals surface area contributed by atoms with Gasteiger partial charge in [-0.3, -0.25) is 0 Å². The molecule has 2 nitrogen and oxygen atoms in total. The van der Waals surface area contributed by atoms with E-state index < -0.39 is 5.60 Å². The Morgan fingerprint density at radius 1 is 1.07 bits per heavy atom. The van der Waals surface area contributed by atoms with Crippen LogP contribution in [0.4, 0.5) is 0 Å². The molecular weight excluding hydrogens is 174 g/mol. The van der Waals surface area contributed by atoms with E-state index in [0.717, 1.165) is 12.8 Å². The Hall–Kier alpha value is -0.0800. The maximum atomic E-state index is 9.60. The van der Waals surface area contributed by atoms with Crippen LogP contribution in [0.1, 0.15) is 65.7 Å². The lowest BCUT2D eigenvalue weighted by molar-refractivity contribution is 0.0482. The minimum absolute atomic E-state index is 0.0753. The summed E-state index contributed by atoms with van der Waals surface area (Å²) in [6, 6.07) is -0.0753. The molecule has 0 saturated carbocycles. The van der Waals surface area contributed by atoms with Gasteiger partial charge in [-0.2, -0.15) is 0 Å². The molecule has 14 heavy (non-hydrogen) atoms. The molecule has 0 aromatic heterocycles. The first-order valence-electron chi connectivity index (χ1n) is 5.96. The summed E-state index contributed by atoms with van der Waals surface area (Å²) in [5.41, 5.74) is 5.12. The molecule has 0 aliphatic carbocycles. The van der Waals surface area contributed by atoms with Gasteiger partial charge in [0.2, 0.25) is 0 Å². The summed E-state index contributed by atoms with van der Waals surface area (Å²) >= 11 is 0. The normalized spacial score (nSPS) is 14.4. The third kappa shape index (κ3) is 7.34. The highest BCUT2D eigenvalue weighted by molar-refractivity contribution is 4.79. The molecule has 0 aromatic rings. The fraction of sp³-hybridized carbons (Fsp3) is 1.00. The summed E-state index contributed by atoms with van der Waals surface area (Å²) in [4.78, 5) is 0. The minimum Gasteiger partial charge on any atom is -0.389 e. The van der Waals surface area contributed by atoms with Crippen molar-refractivity contribution < 1.29 is 5.11 Å². The standard InChI is InChI=1S/C12H27NO/c1-4-5-6-7-8-9-10-11(13)12(2,3)14/h11,14H,4-10,13H2,1-3H3. The van der Waals surface area contributed by atoms with E-state index >= 15 is 0 Å². The fourth-order valence-electron chi connectivity index (χ4n) is 1.50. The summed E-state index contributed by atoms with van der Waals surface area (Å²) < 4.78 is 0.